The van der Waals surface area contributed by atoms with Crippen molar-refractivity contribution in [3.63, 3.8) is 0 Å². The van der Waals surface area contributed by atoms with Crippen molar-refractivity contribution in [2.75, 3.05) is 6.54 Å². The van der Waals surface area contributed by atoms with Crippen LogP contribution in [0.15, 0.2) is 0 Å². The molecule has 1 rings (SSSR count). The minimum Gasteiger partial charge on any atom is -0.389 e. The number of hydrogen-bond acceptors (Lipinski definition) is 2. The molecule has 2 heteroatoms. The Labute approximate surface area is 88.1 Å². The van der Waals surface area contributed by atoms with E-state index in [0.717, 1.165) is 6.54 Å². The van der Waals surface area contributed by atoms with Crippen LogP contribution in [0.3, 0.4) is 0 Å². The Morgan fingerprint density at radius 1 is 1.36 bits per heavy atom. The van der Waals surface area contributed by atoms with Crippen LogP contribution < -0.4 is 5.32 Å². The van der Waals surface area contributed by atoms with Gasteiger partial charge >= 0.3 is 0 Å². The fourth-order valence-electron chi connectivity index (χ4n) is 2.05. The Balaban J connectivity index is 2.33. The second kappa shape index (κ2) is 4.19. The summed E-state index contributed by atoms with van der Waals surface area (Å²) in [6, 6.07) is 0.167. The van der Waals surface area contributed by atoms with Crippen LogP contribution in [0, 0.1) is 5.41 Å². The van der Waals surface area contributed by atoms with E-state index in [1.54, 1.807) is 0 Å². The zero-order valence-electron chi connectivity index (χ0n) is 10.1. The molecule has 1 aliphatic rings. The molecule has 0 bridgehead atoms. The molecule has 1 unspecified atom stereocenters. The molecule has 84 valence electrons. The molecule has 1 fully saturated rings. The van der Waals surface area contributed by atoms with Crippen molar-refractivity contribution >= 4 is 0 Å². The van der Waals surface area contributed by atoms with Crippen molar-refractivity contribution in [2.45, 2.75) is 65.0 Å². The summed E-state index contributed by atoms with van der Waals surface area (Å²) in [6.45, 7) is 9.17. The maximum atomic E-state index is 9.78. The van der Waals surface area contributed by atoms with Crippen LogP contribution in [0.1, 0.15) is 53.4 Å². The van der Waals surface area contributed by atoms with Crippen LogP contribution >= 0.6 is 0 Å². The summed E-state index contributed by atoms with van der Waals surface area (Å²) >= 11 is 0. The molecule has 1 aliphatic carbocycles. The molecule has 0 aromatic carbocycles. The predicted octanol–water partition coefficient (Wildman–Crippen LogP) is 2.32. The smallest absolute Gasteiger partial charge is 0.0741 e. The first-order valence-electron chi connectivity index (χ1n) is 5.79. The van der Waals surface area contributed by atoms with E-state index in [0.29, 0.717) is 5.41 Å². The fraction of sp³-hybridized carbons (Fsp3) is 1.00. The highest BCUT2D eigenvalue weighted by atomic mass is 16.3. The summed E-state index contributed by atoms with van der Waals surface area (Å²) in [4.78, 5) is 0. The summed E-state index contributed by atoms with van der Waals surface area (Å²) in [6.07, 6.45) is 5.40. The molecule has 14 heavy (non-hydrogen) atoms. The monoisotopic (exact) mass is 199 g/mol. The summed E-state index contributed by atoms with van der Waals surface area (Å²) < 4.78 is 0. The first-order chi connectivity index (χ1) is 6.33. The van der Waals surface area contributed by atoms with E-state index in [2.05, 4.69) is 19.2 Å². The highest BCUT2D eigenvalue weighted by Gasteiger charge is 2.30. The van der Waals surface area contributed by atoms with Gasteiger partial charge in [0.25, 0.3) is 0 Å². The first-order valence-corrected chi connectivity index (χ1v) is 5.79. The van der Waals surface area contributed by atoms with Crippen molar-refractivity contribution in [3.8, 4) is 0 Å². The molecule has 0 saturated heterocycles. The Hall–Kier alpha value is -0.0800. The van der Waals surface area contributed by atoms with Gasteiger partial charge in [-0.05, 0) is 39.0 Å². The van der Waals surface area contributed by atoms with Gasteiger partial charge in [-0.2, -0.15) is 0 Å². The summed E-state index contributed by atoms with van der Waals surface area (Å²) in [5, 5.41) is 13.2. The molecule has 2 nitrogen and oxygen atoms in total. The van der Waals surface area contributed by atoms with E-state index in [9.17, 15) is 5.11 Å². The molecule has 0 spiro atoms. The first kappa shape index (κ1) is 12.0. The van der Waals surface area contributed by atoms with Crippen molar-refractivity contribution < 1.29 is 5.11 Å². The zero-order valence-corrected chi connectivity index (χ0v) is 10.1. The Bertz CT molecular complexity index is 177. The minimum atomic E-state index is -0.616. The molecule has 0 heterocycles. The van der Waals surface area contributed by atoms with Gasteiger partial charge in [-0.1, -0.05) is 19.8 Å². The number of nitrogens with one attached hydrogen (secondary N) is 1. The van der Waals surface area contributed by atoms with E-state index in [4.69, 9.17) is 0 Å². The minimum absolute atomic E-state index is 0.167. The second-order valence-corrected chi connectivity index (χ2v) is 5.77. The molecule has 2 N–H and O–H groups in total. The molecule has 1 atom stereocenters. The quantitative estimate of drug-likeness (QED) is 0.728. The molecule has 0 radical (unpaired) electrons. The largest absolute Gasteiger partial charge is 0.389 e. The zero-order chi connectivity index (χ0) is 10.8. The lowest BCUT2D eigenvalue weighted by Gasteiger charge is -2.31. The normalized spacial score (nSPS) is 23.8. The van der Waals surface area contributed by atoms with Crippen molar-refractivity contribution in [1.29, 1.82) is 0 Å². The van der Waals surface area contributed by atoms with Crippen LogP contribution in [0.5, 0.6) is 0 Å². The van der Waals surface area contributed by atoms with Gasteiger partial charge in [0.15, 0.2) is 0 Å². The van der Waals surface area contributed by atoms with Gasteiger partial charge in [-0.3, -0.25) is 0 Å². The highest BCUT2D eigenvalue weighted by Crippen LogP contribution is 2.36. The van der Waals surface area contributed by atoms with E-state index in [1.807, 2.05) is 13.8 Å². The van der Waals surface area contributed by atoms with Crippen LogP contribution in [-0.4, -0.2) is 23.3 Å². The molecule has 0 aromatic rings. The van der Waals surface area contributed by atoms with Crippen molar-refractivity contribution in [3.05, 3.63) is 0 Å². The van der Waals surface area contributed by atoms with E-state index in [1.165, 1.54) is 25.7 Å². The number of rotatable bonds is 4. The fourth-order valence-corrected chi connectivity index (χ4v) is 2.05. The van der Waals surface area contributed by atoms with Crippen LogP contribution in [0.25, 0.3) is 0 Å². The third-order valence-electron chi connectivity index (χ3n) is 3.71. The number of aliphatic hydroxyl groups is 1. The molecule has 0 amide bonds. The van der Waals surface area contributed by atoms with Crippen LogP contribution in [-0.2, 0) is 0 Å². The SMILES string of the molecule is CC(NCC1(C)CCCC1)C(C)(C)O. The van der Waals surface area contributed by atoms with Gasteiger partial charge in [0.2, 0.25) is 0 Å². The van der Waals surface area contributed by atoms with Gasteiger partial charge < -0.3 is 10.4 Å². The molecular formula is C12H25NO. The Morgan fingerprint density at radius 3 is 2.29 bits per heavy atom. The predicted molar refractivity (Wildman–Crippen MR) is 60.3 cm³/mol. The van der Waals surface area contributed by atoms with E-state index >= 15 is 0 Å². The average molecular weight is 199 g/mol. The molecule has 0 aliphatic heterocycles. The van der Waals surface area contributed by atoms with Crippen molar-refractivity contribution in [2.24, 2.45) is 5.41 Å². The number of hydrogen-bond donors (Lipinski definition) is 2. The standard InChI is InChI=1S/C12H25NO/c1-10(11(2,3)14)13-9-12(4)7-5-6-8-12/h10,13-14H,5-9H2,1-4H3. The lowest BCUT2D eigenvalue weighted by Crippen LogP contribution is -2.47. The van der Waals surface area contributed by atoms with Gasteiger partial charge in [0.1, 0.15) is 0 Å². The summed E-state index contributed by atoms with van der Waals surface area (Å²) in [5.41, 5.74) is -0.144. The Kier molecular flexibility index (Phi) is 3.59. The highest BCUT2D eigenvalue weighted by molar-refractivity contribution is 4.86. The van der Waals surface area contributed by atoms with Crippen LogP contribution in [0.4, 0.5) is 0 Å². The van der Waals surface area contributed by atoms with Gasteiger partial charge in [0, 0.05) is 12.6 Å². The second-order valence-electron chi connectivity index (χ2n) is 5.77. The summed E-state index contributed by atoms with van der Waals surface area (Å²) in [7, 11) is 0. The topological polar surface area (TPSA) is 32.3 Å². The lowest BCUT2D eigenvalue weighted by atomic mass is 9.88. The maximum absolute atomic E-state index is 9.78. The lowest BCUT2D eigenvalue weighted by molar-refractivity contribution is 0.0402. The third-order valence-corrected chi connectivity index (χ3v) is 3.71. The Morgan fingerprint density at radius 2 is 1.86 bits per heavy atom. The van der Waals surface area contributed by atoms with Crippen molar-refractivity contribution in [1.82, 2.24) is 5.32 Å². The van der Waals surface area contributed by atoms with E-state index in [-0.39, 0.29) is 6.04 Å². The molecule has 0 aromatic heterocycles. The van der Waals surface area contributed by atoms with E-state index < -0.39 is 5.60 Å². The van der Waals surface area contributed by atoms with Gasteiger partial charge in [-0.25, -0.2) is 0 Å². The maximum Gasteiger partial charge on any atom is 0.0741 e. The van der Waals surface area contributed by atoms with Gasteiger partial charge in [0.05, 0.1) is 5.60 Å². The third kappa shape index (κ3) is 3.25. The summed E-state index contributed by atoms with van der Waals surface area (Å²) in [5.74, 6) is 0. The average Bonchev–Trinajstić information content (AvgIpc) is 2.47. The van der Waals surface area contributed by atoms with Gasteiger partial charge in [-0.15, -0.1) is 0 Å². The molecule has 1 saturated carbocycles. The molecular weight excluding hydrogens is 174 g/mol. The van der Waals surface area contributed by atoms with Crippen LogP contribution in [0.2, 0.25) is 0 Å².